The van der Waals surface area contributed by atoms with Crippen molar-refractivity contribution in [2.75, 3.05) is 24.3 Å². The Morgan fingerprint density at radius 2 is 2.11 bits per heavy atom. The van der Waals surface area contributed by atoms with Gasteiger partial charge in [-0.25, -0.2) is 0 Å². The van der Waals surface area contributed by atoms with Crippen LogP contribution < -0.4 is 0 Å². The fraction of sp³-hybridized carbons (Fsp3) is 0.364. The third kappa shape index (κ3) is 5.45. The summed E-state index contributed by atoms with van der Waals surface area (Å²) in [6.07, 6.45) is 13.9. The van der Waals surface area contributed by atoms with E-state index in [1.807, 2.05) is 47.3 Å². The molecule has 3 rings (SSSR count). The Morgan fingerprint density at radius 3 is 2.89 bits per heavy atom. The number of fused-ring (bicyclic) bond motifs is 1. The summed E-state index contributed by atoms with van der Waals surface area (Å²) in [5.74, 6) is 6.48. The van der Waals surface area contributed by atoms with E-state index in [1.165, 1.54) is 0 Å². The van der Waals surface area contributed by atoms with Gasteiger partial charge in [0.05, 0.1) is 0 Å². The number of allylic oxidation sites excluding steroid dienone is 2. The van der Waals surface area contributed by atoms with E-state index in [9.17, 15) is 0 Å². The SMILES string of the molecule is C[S+](OCCN1C=CC=C=C1C#Cc1ccn2ccnc2c1)I(C)C(C)(C)C. The molecular formula is C22H27IN3OS+. The van der Waals surface area contributed by atoms with Crippen LogP contribution in [0.1, 0.15) is 26.3 Å². The Kier molecular flexibility index (Phi) is 6.95. The molecule has 0 spiro atoms. The number of rotatable bonds is 5. The zero-order chi connectivity index (χ0) is 20.1. The van der Waals surface area contributed by atoms with Crippen molar-refractivity contribution in [3.8, 4) is 11.8 Å². The van der Waals surface area contributed by atoms with Crippen LogP contribution in [-0.4, -0.2) is 42.0 Å². The molecule has 0 radical (unpaired) electrons. The van der Waals surface area contributed by atoms with E-state index in [4.69, 9.17) is 4.18 Å². The number of nitrogens with zero attached hydrogens (tertiary/aromatic N) is 3. The van der Waals surface area contributed by atoms with Crippen molar-refractivity contribution in [2.24, 2.45) is 0 Å². The zero-order valence-electron chi connectivity index (χ0n) is 17.1. The molecule has 1 atom stereocenters. The molecule has 148 valence electrons. The van der Waals surface area contributed by atoms with Crippen LogP contribution in [0, 0.1) is 11.8 Å². The van der Waals surface area contributed by atoms with Crippen LogP contribution in [0.2, 0.25) is 0 Å². The summed E-state index contributed by atoms with van der Waals surface area (Å²) in [5.41, 5.74) is 5.96. The van der Waals surface area contributed by atoms with Gasteiger partial charge in [-0.1, -0.05) is 0 Å². The normalized spacial score (nSPS) is 15.2. The Balaban J connectivity index is 1.62. The van der Waals surface area contributed by atoms with Gasteiger partial charge in [0.15, 0.2) is 0 Å². The number of pyridine rings is 1. The maximum absolute atomic E-state index is 6.19. The Hall–Kier alpha value is -1.65. The molecule has 6 heteroatoms. The Labute approximate surface area is 176 Å². The second-order valence-corrected chi connectivity index (χ2v) is 20.7. The number of aromatic nitrogens is 2. The first-order chi connectivity index (χ1) is 13.3. The number of hydrogen-bond acceptors (Lipinski definition) is 3. The molecule has 0 saturated heterocycles. The van der Waals surface area contributed by atoms with Gasteiger partial charge in [0, 0.05) is 12.4 Å². The first kappa shape index (κ1) is 21.1. The molecule has 2 aromatic heterocycles. The van der Waals surface area contributed by atoms with Crippen LogP contribution in [-0.2, 0) is 12.5 Å². The molecule has 0 aliphatic carbocycles. The quantitative estimate of drug-likeness (QED) is 0.195. The standard InChI is InChI=1S/C22H27IN3OS/c1-22(2,3)23(4)28(5)27-17-16-25-13-7-6-8-20(25)10-9-19-11-14-26-15-12-24-21(26)18-19/h6-7,11-15,18H,16-17H2,1-5H3/q+1. The Bertz CT molecular complexity index is 986. The average Bonchev–Trinajstić information content (AvgIpc) is 3.13. The summed E-state index contributed by atoms with van der Waals surface area (Å²) >= 11 is -1.13. The first-order valence-corrected chi connectivity index (χ1v) is 16.4. The van der Waals surface area contributed by atoms with Crippen LogP contribution in [0.4, 0.5) is 0 Å². The fourth-order valence-corrected chi connectivity index (χ4v) is 10.8. The topological polar surface area (TPSA) is 29.8 Å². The predicted octanol–water partition coefficient (Wildman–Crippen LogP) is 4.58. The molecule has 0 saturated carbocycles. The molecule has 3 heterocycles. The number of imidazole rings is 1. The molecule has 2 aromatic rings. The van der Waals surface area contributed by atoms with Crippen molar-refractivity contribution in [1.29, 1.82) is 0 Å². The van der Waals surface area contributed by atoms with Crippen molar-refractivity contribution >= 4 is 32.4 Å². The summed E-state index contributed by atoms with van der Waals surface area (Å²) in [6, 6.07) is 3.99. The summed E-state index contributed by atoms with van der Waals surface area (Å²) in [4.78, 5) is 8.85. The van der Waals surface area contributed by atoms with Crippen LogP contribution in [0.25, 0.3) is 5.65 Å². The van der Waals surface area contributed by atoms with Crippen LogP contribution in [0.3, 0.4) is 0 Å². The van der Waals surface area contributed by atoms with Gasteiger partial charge in [0.1, 0.15) is 0 Å². The summed E-state index contributed by atoms with van der Waals surface area (Å²) in [7, 11) is 0.0804. The van der Waals surface area contributed by atoms with Crippen molar-refractivity contribution < 1.29 is 4.18 Å². The fourth-order valence-electron chi connectivity index (χ4n) is 2.49. The van der Waals surface area contributed by atoms with Crippen molar-refractivity contribution in [3.05, 3.63) is 66.1 Å². The molecule has 0 N–H and O–H groups in total. The van der Waals surface area contributed by atoms with E-state index >= 15 is 0 Å². The number of halogens is 1. The van der Waals surface area contributed by atoms with Gasteiger partial charge in [0.2, 0.25) is 0 Å². The van der Waals surface area contributed by atoms with Gasteiger partial charge in [-0.2, -0.15) is 0 Å². The van der Waals surface area contributed by atoms with Gasteiger partial charge in [-0.15, -0.1) is 0 Å². The summed E-state index contributed by atoms with van der Waals surface area (Å²) in [6.45, 7) is 8.49. The van der Waals surface area contributed by atoms with Gasteiger partial charge >= 0.3 is 165 Å². The zero-order valence-corrected chi connectivity index (χ0v) is 20.0. The van der Waals surface area contributed by atoms with Crippen LogP contribution in [0.15, 0.2) is 60.5 Å². The third-order valence-corrected chi connectivity index (χ3v) is 19.4. The molecular weight excluding hydrogens is 481 g/mol. The molecule has 1 aliphatic heterocycles. The van der Waals surface area contributed by atoms with Gasteiger partial charge in [0.25, 0.3) is 0 Å². The van der Waals surface area contributed by atoms with Crippen molar-refractivity contribution in [1.82, 2.24) is 14.3 Å². The van der Waals surface area contributed by atoms with Crippen LogP contribution in [0.5, 0.6) is 0 Å². The molecule has 1 aliphatic rings. The minimum absolute atomic E-state index is 0.0804. The van der Waals surface area contributed by atoms with E-state index in [0.717, 1.165) is 23.5 Å². The molecule has 0 bridgehead atoms. The molecule has 0 fully saturated rings. The minimum atomic E-state index is -1.13. The van der Waals surface area contributed by atoms with Gasteiger partial charge in [-0.05, 0) is 0 Å². The molecule has 0 aromatic carbocycles. The Morgan fingerprint density at radius 1 is 1.29 bits per heavy atom. The van der Waals surface area contributed by atoms with E-state index in [1.54, 1.807) is 6.20 Å². The van der Waals surface area contributed by atoms with Gasteiger partial charge in [-0.3, -0.25) is 0 Å². The van der Waals surface area contributed by atoms with Crippen molar-refractivity contribution in [2.45, 2.75) is 24.2 Å². The number of hydrogen-bond donors (Lipinski definition) is 0. The molecule has 0 amide bonds. The molecule has 28 heavy (non-hydrogen) atoms. The summed E-state index contributed by atoms with van der Waals surface area (Å²) in [5, 5.41) is 0. The van der Waals surface area contributed by atoms with E-state index in [2.05, 4.69) is 59.4 Å². The maximum atomic E-state index is 6.19. The van der Waals surface area contributed by atoms with Gasteiger partial charge < -0.3 is 0 Å². The van der Waals surface area contributed by atoms with Crippen LogP contribution >= 0.6 is 18.4 Å². The second-order valence-electron chi connectivity index (χ2n) is 7.25. The third-order valence-electron chi connectivity index (χ3n) is 4.29. The average molecular weight is 508 g/mol. The molecule has 1 unspecified atom stereocenters. The van der Waals surface area contributed by atoms with Crippen molar-refractivity contribution in [3.63, 3.8) is 0 Å². The van der Waals surface area contributed by atoms with E-state index in [-0.39, 0.29) is 8.35 Å². The monoisotopic (exact) mass is 508 g/mol. The predicted molar refractivity (Wildman–Crippen MR) is 128 cm³/mol. The van der Waals surface area contributed by atoms with E-state index in [0.29, 0.717) is 10.0 Å². The molecule has 4 nitrogen and oxygen atoms in total. The summed E-state index contributed by atoms with van der Waals surface area (Å²) < 4.78 is 8.57. The number of alkyl halides is 2. The van der Waals surface area contributed by atoms with E-state index < -0.39 is 18.4 Å². The first-order valence-electron chi connectivity index (χ1n) is 9.09. The second kappa shape index (κ2) is 9.23.